The molecule has 0 spiro atoms. The first-order chi connectivity index (χ1) is 14.0. The molecule has 2 fully saturated rings. The molecular weight excluding hydrogens is 392 g/mol. The topological polar surface area (TPSA) is 84.9 Å². The van der Waals surface area contributed by atoms with Gasteiger partial charge in [-0.1, -0.05) is 24.3 Å². The van der Waals surface area contributed by atoms with E-state index in [-0.39, 0.29) is 23.4 Å². The molecule has 1 saturated heterocycles. The number of amides is 1. The van der Waals surface area contributed by atoms with E-state index in [0.717, 1.165) is 12.8 Å². The first-order valence-corrected chi connectivity index (χ1v) is 11.1. The van der Waals surface area contributed by atoms with E-state index in [2.05, 4.69) is 5.32 Å². The number of carbonyl (C=O) groups is 1. The standard InChI is InChI=1S/C21H24N2O5S/c1-27-17-8-5-9-19(12-17)29(25,26)23-14-18(28-16-6-3-2-4-7-16)13-20(23)21(24)22-15-10-11-15/h2-9,12,15,18,20H,10-11,13-14H2,1H3,(H,22,24)/t18-,20-/m0/s1. The maximum atomic E-state index is 13.4. The lowest BCUT2D eigenvalue weighted by molar-refractivity contribution is -0.124. The molecular formula is C21H24N2O5S. The second-order valence-electron chi connectivity index (χ2n) is 7.34. The first-order valence-electron chi connectivity index (χ1n) is 9.65. The van der Waals surface area contributed by atoms with Gasteiger partial charge in [0, 0.05) is 18.5 Å². The summed E-state index contributed by atoms with van der Waals surface area (Å²) in [6.45, 7) is 0.108. The summed E-state index contributed by atoms with van der Waals surface area (Å²) in [5.41, 5.74) is 0. The molecule has 1 saturated carbocycles. The van der Waals surface area contributed by atoms with Crippen molar-refractivity contribution in [3.05, 3.63) is 54.6 Å². The maximum Gasteiger partial charge on any atom is 0.244 e. The number of methoxy groups -OCH3 is 1. The van der Waals surface area contributed by atoms with Gasteiger partial charge < -0.3 is 14.8 Å². The molecule has 7 nitrogen and oxygen atoms in total. The van der Waals surface area contributed by atoms with E-state index < -0.39 is 22.2 Å². The van der Waals surface area contributed by atoms with E-state index in [0.29, 0.717) is 17.9 Å². The molecule has 8 heteroatoms. The monoisotopic (exact) mass is 416 g/mol. The summed E-state index contributed by atoms with van der Waals surface area (Å²) in [7, 11) is -2.41. The highest BCUT2D eigenvalue weighted by Crippen LogP contribution is 2.31. The second kappa shape index (κ2) is 8.04. The van der Waals surface area contributed by atoms with Crippen LogP contribution in [0.2, 0.25) is 0 Å². The Labute approximate surface area is 170 Å². The van der Waals surface area contributed by atoms with Crippen LogP contribution < -0.4 is 14.8 Å². The van der Waals surface area contributed by atoms with Gasteiger partial charge in [0.15, 0.2) is 0 Å². The summed E-state index contributed by atoms with van der Waals surface area (Å²) in [5, 5.41) is 2.93. The molecule has 154 valence electrons. The van der Waals surface area contributed by atoms with E-state index >= 15 is 0 Å². The van der Waals surface area contributed by atoms with Crippen molar-refractivity contribution in [2.75, 3.05) is 13.7 Å². The fourth-order valence-electron chi connectivity index (χ4n) is 3.47. The smallest absolute Gasteiger partial charge is 0.244 e. The summed E-state index contributed by atoms with van der Waals surface area (Å²) in [6, 6.07) is 14.9. The highest BCUT2D eigenvalue weighted by atomic mass is 32.2. The van der Waals surface area contributed by atoms with Gasteiger partial charge >= 0.3 is 0 Å². The van der Waals surface area contributed by atoms with Crippen LogP contribution in [0.25, 0.3) is 0 Å². The van der Waals surface area contributed by atoms with Gasteiger partial charge in [0.1, 0.15) is 23.6 Å². The third-order valence-electron chi connectivity index (χ3n) is 5.14. The number of rotatable bonds is 7. The Morgan fingerprint density at radius 3 is 2.48 bits per heavy atom. The van der Waals surface area contributed by atoms with Gasteiger partial charge in [-0.05, 0) is 37.1 Å². The number of benzene rings is 2. The maximum absolute atomic E-state index is 13.4. The Kier molecular flexibility index (Phi) is 5.47. The van der Waals surface area contributed by atoms with Crippen molar-refractivity contribution in [3.63, 3.8) is 0 Å². The van der Waals surface area contributed by atoms with Gasteiger partial charge in [-0.3, -0.25) is 4.79 Å². The highest BCUT2D eigenvalue weighted by molar-refractivity contribution is 7.89. The van der Waals surface area contributed by atoms with Crippen molar-refractivity contribution in [1.29, 1.82) is 0 Å². The highest BCUT2D eigenvalue weighted by Gasteiger charge is 2.46. The number of sulfonamides is 1. The van der Waals surface area contributed by atoms with Crippen molar-refractivity contribution in [2.24, 2.45) is 0 Å². The van der Waals surface area contributed by atoms with Crippen molar-refractivity contribution in [2.45, 2.75) is 42.3 Å². The van der Waals surface area contributed by atoms with E-state index in [1.807, 2.05) is 30.3 Å². The third kappa shape index (κ3) is 4.38. The predicted octanol–water partition coefficient (Wildman–Crippen LogP) is 2.18. The zero-order valence-electron chi connectivity index (χ0n) is 16.2. The normalized spacial score (nSPS) is 22.2. The number of nitrogens with one attached hydrogen (secondary N) is 1. The number of hydrogen-bond donors (Lipinski definition) is 1. The molecule has 1 aliphatic carbocycles. The fraction of sp³-hybridized carbons (Fsp3) is 0.381. The van der Waals surface area contributed by atoms with Gasteiger partial charge in [0.25, 0.3) is 0 Å². The molecule has 2 atom stereocenters. The molecule has 2 aromatic carbocycles. The molecule has 2 aliphatic rings. The molecule has 4 rings (SSSR count). The lowest BCUT2D eigenvalue weighted by Crippen LogP contribution is -2.46. The first kappa shape index (κ1) is 19.7. The van der Waals surface area contributed by atoms with Crippen molar-refractivity contribution in [3.8, 4) is 11.5 Å². The predicted molar refractivity (Wildman–Crippen MR) is 107 cm³/mol. The number of hydrogen-bond acceptors (Lipinski definition) is 5. The molecule has 0 bridgehead atoms. The Hall–Kier alpha value is -2.58. The Morgan fingerprint density at radius 2 is 1.79 bits per heavy atom. The molecule has 1 aliphatic heterocycles. The number of ether oxygens (including phenoxy) is 2. The minimum absolute atomic E-state index is 0.0985. The second-order valence-corrected chi connectivity index (χ2v) is 9.23. The van der Waals surface area contributed by atoms with E-state index in [4.69, 9.17) is 9.47 Å². The summed E-state index contributed by atoms with van der Waals surface area (Å²) in [4.78, 5) is 12.9. The lowest BCUT2D eigenvalue weighted by atomic mass is 10.2. The van der Waals surface area contributed by atoms with Gasteiger partial charge in [-0.15, -0.1) is 0 Å². The van der Waals surface area contributed by atoms with Gasteiger partial charge in [-0.25, -0.2) is 8.42 Å². The minimum atomic E-state index is -3.89. The molecule has 0 unspecified atom stereocenters. The van der Waals surface area contributed by atoms with Crippen molar-refractivity contribution < 1.29 is 22.7 Å². The van der Waals surface area contributed by atoms with Crippen LogP contribution in [-0.4, -0.2) is 50.5 Å². The molecule has 0 aromatic heterocycles. The largest absolute Gasteiger partial charge is 0.497 e. The van der Waals surface area contributed by atoms with Gasteiger partial charge in [-0.2, -0.15) is 4.31 Å². The third-order valence-corrected chi connectivity index (χ3v) is 7.01. The zero-order valence-corrected chi connectivity index (χ0v) is 17.0. The summed E-state index contributed by atoms with van der Waals surface area (Å²) in [6.07, 6.45) is 1.76. The SMILES string of the molecule is COc1cccc(S(=O)(=O)N2C[C@@H](Oc3ccccc3)C[C@H]2C(=O)NC2CC2)c1. The van der Waals surface area contributed by atoms with Crippen LogP contribution in [0.1, 0.15) is 19.3 Å². The number of carbonyl (C=O) groups excluding carboxylic acids is 1. The van der Waals surface area contributed by atoms with E-state index in [1.165, 1.54) is 23.5 Å². The molecule has 0 radical (unpaired) electrons. The molecule has 1 N–H and O–H groups in total. The van der Waals surface area contributed by atoms with E-state index in [9.17, 15) is 13.2 Å². The van der Waals surface area contributed by atoms with Crippen LogP contribution in [0.15, 0.2) is 59.5 Å². The van der Waals surface area contributed by atoms with Crippen molar-refractivity contribution in [1.82, 2.24) is 9.62 Å². The molecule has 2 aromatic rings. The van der Waals surface area contributed by atoms with Crippen LogP contribution >= 0.6 is 0 Å². The van der Waals surface area contributed by atoms with Crippen LogP contribution in [0.4, 0.5) is 0 Å². The lowest BCUT2D eigenvalue weighted by Gasteiger charge is -2.23. The number of para-hydroxylation sites is 1. The molecule has 1 amide bonds. The van der Waals surface area contributed by atoms with Crippen LogP contribution in [-0.2, 0) is 14.8 Å². The number of nitrogens with zero attached hydrogens (tertiary/aromatic N) is 1. The fourth-order valence-corrected chi connectivity index (χ4v) is 5.14. The summed E-state index contributed by atoms with van der Waals surface area (Å²) < 4.78 is 39.1. The minimum Gasteiger partial charge on any atom is -0.497 e. The van der Waals surface area contributed by atoms with Gasteiger partial charge in [0.2, 0.25) is 15.9 Å². The van der Waals surface area contributed by atoms with Gasteiger partial charge in [0.05, 0.1) is 18.6 Å². The quantitative estimate of drug-likeness (QED) is 0.748. The molecule has 29 heavy (non-hydrogen) atoms. The average molecular weight is 416 g/mol. The van der Waals surface area contributed by atoms with Crippen LogP contribution in [0, 0.1) is 0 Å². The Balaban J connectivity index is 1.60. The summed E-state index contributed by atoms with van der Waals surface area (Å²) >= 11 is 0. The average Bonchev–Trinajstić information content (AvgIpc) is 3.44. The van der Waals surface area contributed by atoms with Crippen LogP contribution in [0.3, 0.4) is 0 Å². The Bertz CT molecular complexity index is 976. The van der Waals surface area contributed by atoms with Crippen LogP contribution in [0.5, 0.6) is 11.5 Å². The summed E-state index contributed by atoms with van der Waals surface area (Å²) in [5.74, 6) is 0.832. The zero-order chi connectivity index (χ0) is 20.4. The Morgan fingerprint density at radius 1 is 1.07 bits per heavy atom. The van der Waals surface area contributed by atoms with E-state index in [1.54, 1.807) is 12.1 Å². The molecule has 1 heterocycles. The van der Waals surface area contributed by atoms with Crippen molar-refractivity contribution >= 4 is 15.9 Å².